The molecule has 0 bridgehead atoms. The average molecular weight is 333 g/mol. The molecule has 24 heavy (non-hydrogen) atoms. The predicted molar refractivity (Wildman–Crippen MR) is 97.7 cm³/mol. The zero-order valence-corrected chi connectivity index (χ0v) is 15.1. The van der Waals surface area contributed by atoms with Crippen molar-refractivity contribution in [3.8, 4) is 11.5 Å². The van der Waals surface area contributed by atoms with Crippen LogP contribution in [0.4, 0.5) is 0 Å². The van der Waals surface area contributed by atoms with Crippen molar-refractivity contribution in [1.29, 1.82) is 0 Å². The number of ether oxygens (including phenoxy) is 2. The van der Waals surface area contributed by atoms with Gasteiger partial charge in [-0.15, -0.1) is 0 Å². The largest absolute Gasteiger partial charge is 0.624 e. The van der Waals surface area contributed by atoms with Gasteiger partial charge in [-0.2, -0.15) is 0 Å². The minimum absolute atomic E-state index is 0.265. The number of fused-ring (bicyclic) bond motifs is 1. The molecule has 0 saturated heterocycles. The van der Waals surface area contributed by atoms with E-state index in [4.69, 9.17) is 9.47 Å². The van der Waals surface area contributed by atoms with E-state index in [1.54, 1.807) is 0 Å². The molecule has 0 N–H and O–H groups in total. The molecule has 1 aromatic carbocycles. The first kappa shape index (κ1) is 18.6. The van der Waals surface area contributed by atoms with Crippen LogP contribution in [-0.4, -0.2) is 17.7 Å². The molecule has 4 nitrogen and oxygen atoms in total. The van der Waals surface area contributed by atoms with Crippen LogP contribution in [-0.2, 0) is 6.54 Å². The predicted octanol–water partition coefficient (Wildman–Crippen LogP) is 5.27. The summed E-state index contributed by atoms with van der Waals surface area (Å²) in [5.74, 6) is 1.82. The zero-order valence-electron chi connectivity index (χ0n) is 15.1. The van der Waals surface area contributed by atoms with Crippen LogP contribution in [0.25, 0.3) is 0 Å². The summed E-state index contributed by atoms with van der Waals surface area (Å²) in [5.41, 5.74) is 0.952. The molecule has 0 spiro atoms. The maximum Gasteiger partial charge on any atom is 0.231 e. The van der Waals surface area contributed by atoms with Crippen LogP contribution in [0.2, 0.25) is 0 Å². The van der Waals surface area contributed by atoms with Gasteiger partial charge in [0.25, 0.3) is 0 Å². The molecule has 0 aliphatic carbocycles. The molecular weight excluding hydrogens is 302 g/mol. The molecule has 134 valence electrons. The fourth-order valence-electron chi connectivity index (χ4n) is 3.05. The van der Waals surface area contributed by atoms with Crippen molar-refractivity contribution in [3.63, 3.8) is 0 Å². The van der Waals surface area contributed by atoms with Crippen molar-refractivity contribution < 1.29 is 14.2 Å². The Bertz CT molecular complexity index is 528. The minimum atomic E-state index is 0.265. The molecule has 1 heterocycles. The second-order valence-corrected chi connectivity index (χ2v) is 6.80. The van der Waals surface area contributed by atoms with E-state index in [9.17, 15) is 5.21 Å². The van der Waals surface area contributed by atoms with Crippen LogP contribution in [0, 0.1) is 11.1 Å². The van der Waals surface area contributed by atoms with Gasteiger partial charge in [0, 0.05) is 11.5 Å². The van der Waals surface area contributed by atoms with Gasteiger partial charge in [-0.1, -0.05) is 58.8 Å². The first-order valence-electron chi connectivity index (χ1n) is 9.36. The fraction of sp³-hybridized carbons (Fsp3) is 0.650. The van der Waals surface area contributed by atoms with Gasteiger partial charge in [0.15, 0.2) is 24.3 Å². The van der Waals surface area contributed by atoms with Gasteiger partial charge in [-0.05, 0) is 24.6 Å². The zero-order chi connectivity index (χ0) is 17.2. The van der Waals surface area contributed by atoms with E-state index in [1.165, 1.54) is 44.9 Å². The SMILES string of the molecule is CCCCCCCCCC(C)C=[N+]([O-])Cc1ccc2c(c1)OCO2. The topological polar surface area (TPSA) is 44.5 Å². The van der Waals surface area contributed by atoms with Crippen LogP contribution in [0.3, 0.4) is 0 Å². The van der Waals surface area contributed by atoms with E-state index in [2.05, 4.69) is 13.8 Å². The van der Waals surface area contributed by atoms with E-state index in [0.717, 1.165) is 28.2 Å². The van der Waals surface area contributed by atoms with Gasteiger partial charge < -0.3 is 14.7 Å². The number of hydroxylamine groups is 1. The summed E-state index contributed by atoms with van der Waals surface area (Å²) in [4.78, 5) is 0. The lowest BCUT2D eigenvalue weighted by Gasteiger charge is -2.09. The number of unbranched alkanes of at least 4 members (excludes halogenated alkanes) is 6. The van der Waals surface area contributed by atoms with Gasteiger partial charge >= 0.3 is 0 Å². The third kappa shape index (κ3) is 6.42. The van der Waals surface area contributed by atoms with Crippen LogP contribution >= 0.6 is 0 Å². The summed E-state index contributed by atoms with van der Waals surface area (Å²) >= 11 is 0. The van der Waals surface area contributed by atoms with E-state index < -0.39 is 0 Å². The van der Waals surface area contributed by atoms with Crippen LogP contribution in [0.1, 0.15) is 70.8 Å². The number of rotatable bonds is 11. The molecule has 1 unspecified atom stereocenters. The Morgan fingerprint density at radius 3 is 2.58 bits per heavy atom. The average Bonchev–Trinajstić information content (AvgIpc) is 3.01. The Labute approximate surface area is 146 Å². The number of hydrogen-bond acceptors (Lipinski definition) is 3. The minimum Gasteiger partial charge on any atom is -0.624 e. The molecule has 4 heteroatoms. The molecule has 1 aliphatic heterocycles. The van der Waals surface area contributed by atoms with Gasteiger partial charge in [-0.3, -0.25) is 0 Å². The Balaban J connectivity index is 1.66. The molecule has 0 radical (unpaired) electrons. The van der Waals surface area contributed by atoms with E-state index in [-0.39, 0.29) is 6.79 Å². The number of hydrogen-bond donors (Lipinski definition) is 0. The van der Waals surface area contributed by atoms with Crippen molar-refractivity contribution in [1.82, 2.24) is 0 Å². The maximum absolute atomic E-state index is 12.1. The monoisotopic (exact) mass is 333 g/mol. The Kier molecular flexibility index (Phi) is 7.93. The maximum atomic E-state index is 12.1. The van der Waals surface area contributed by atoms with Crippen LogP contribution < -0.4 is 9.47 Å². The fourth-order valence-corrected chi connectivity index (χ4v) is 3.05. The van der Waals surface area contributed by atoms with Crippen molar-refractivity contribution >= 4 is 6.21 Å². The molecule has 0 aromatic heterocycles. The summed E-state index contributed by atoms with van der Waals surface area (Å²) in [6.45, 7) is 5.00. The lowest BCUT2D eigenvalue weighted by atomic mass is 10.0. The third-order valence-electron chi connectivity index (χ3n) is 4.46. The van der Waals surface area contributed by atoms with E-state index in [0.29, 0.717) is 12.5 Å². The molecule has 0 saturated carbocycles. The molecule has 1 aromatic rings. The molecule has 1 atom stereocenters. The van der Waals surface area contributed by atoms with Crippen molar-refractivity contribution in [2.24, 2.45) is 5.92 Å². The lowest BCUT2D eigenvalue weighted by molar-refractivity contribution is -0.472. The van der Waals surface area contributed by atoms with Gasteiger partial charge in [0.05, 0.1) is 0 Å². The van der Waals surface area contributed by atoms with Gasteiger partial charge in [0.1, 0.15) is 0 Å². The molecule has 0 fully saturated rings. The quantitative estimate of drug-likeness (QED) is 0.182. The van der Waals surface area contributed by atoms with E-state index in [1.807, 2.05) is 24.4 Å². The third-order valence-corrected chi connectivity index (χ3v) is 4.46. The van der Waals surface area contributed by atoms with Crippen molar-refractivity contribution in [2.75, 3.05) is 6.79 Å². The summed E-state index contributed by atoms with van der Waals surface area (Å²) in [7, 11) is 0. The van der Waals surface area contributed by atoms with Gasteiger partial charge in [0.2, 0.25) is 6.79 Å². The Hall–Kier alpha value is -1.71. The van der Waals surface area contributed by atoms with Crippen LogP contribution in [0.15, 0.2) is 18.2 Å². The second-order valence-electron chi connectivity index (χ2n) is 6.80. The normalized spacial score (nSPS) is 14.8. The summed E-state index contributed by atoms with van der Waals surface area (Å²) in [5, 5.41) is 12.1. The Morgan fingerprint density at radius 1 is 1.08 bits per heavy atom. The summed E-state index contributed by atoms with van der Waals surface area (Å²) < 4.78 is 11.7. The van der Waals surface area contributed by atoms with Crippen molar-refractivity contribution in [2.45, 2.75) is 71.8 Å². The Morgan fingerprint density at radius 2 is 1.79 bits per heavy atom. The molecule has 2 rings (SSSR count). The smallest absolute Gasteiger partial charge is 0.231 e. The number of benzene rings is 1. The second kappa shape index (κ2) is 10.2. The molecule has 1 aliphatic rings. The highest BCUT2D eigenvalue weighted by Gasteiger charge is 2.14. The van der Waals surface area contributed by atoms with Crippen molar-refractivity contribution in [3.05, 3.63) is 29.0 Å². The van der Waals surface area contributed by atoms with Gasteiger partial charge in [-0.25, -0.2) is 4.74 Å². The highest BCUT2D eigenvalue weighted by atomic mass is 16.7. The van der Waals surface area contributed by atoms with Crippen LogP contribution in [0.5, 0.6) is 11.5 Å². The first-order valence-corrected chi connectivity index (χ1v) is 9.36. The summed E-state index contributed by atoms with van der Waals surface area (Å²) in [6, 6.07) is 5.68. The molecule has 0 amide bonds. The summed E-state index contributed by atoms with van der Waals surface area (Å²) in [6.07, 6.45) is 12.1. The highest BCUT2D eigenvalue weighted by Crippen LogP contribution is 2.32. The highest BCUT2D eigenvalue weighted by molar-refractivity contribution is 5.54. The lowest BCUT2D eigenvalue weighted by Crippen LogP contribution is -2.10. The molecular formula is C20H31NO3. The first-order chi connectivity index (χ1) is 11.7. The number of nitrogens with zero attached hydrogens (tertiary/aromatic N) is 1. The standard InChI is InChI=1S/C20H31NO3/c1-3-4-5-6-7-8-9-10-17(2)14-21(22)15-18-11-12-19-20(13-18)24-16-23-19/h11-14,17H,3-10,15-16H2,1-2H3. The van der Waals surface area contributed by atoms with E-state index >= 15 is 0 Å².